The van der Waals surface area contributed by atoms with Crippen LogP contribution in [0.4, 0.5) is 5.82 Å². The smallest absolute Gasteiger partial charge is 0.332 e. The molecule has 2 heterocycles. The van der Waals surface area contributed by atoms with Crippen molar-refractivity contribution in [2.45, 2.75) is 39.0 Å². The van der Waals surface area contributed by atoms with E-state index in [0.29, 0.717) is 5.16 Å². The second-order valence-electron chi connectivity index (χ2n) is 8.04. The quantitative estimate of drug-likeness (QED) is 0.293. The predicted octanol–water partition coefficient (Wildman–Crippen LogP) is 2.23. The van der Waals surface area contributed by atoms with Crippen molar-refractivity contribution in [3.05, 3.63) is 91.6 Å². The summed E-state index contributed by atoms with van der Waals surface area (Å²) in [4.78, 5) is 39.1. The van der Waals surface area contributed by atoms with Crippen LogP contribution in [-0.4, -0.2) is 40.9 Å². The number of thioether (sulfide) groups is 1. The molecule has 180 valence electrons. The van der Waals surface area contributed by atoms with Gasteiger partial charge in [0.2, 0.25) is 5.16 Å². The van der Waals surface area contributed by atoms with E-state index in [1.54, 1.807) is 11.6 Å². The van der Waals surface area contributed by atoms with Gasteiger partial charge in [-0.25, -0.2) is 4.79 Å². The number of aryl methyl sites for hydroxylation is 2. The van der Waals surface area contributed by atoms with E-state index in [0.717, 1.165) is 38.7 Å². The van der Waals surface area contributed by atoms with Gasteiger partial charge in [-0.05, 0) is 48.4 Å². The van der Waals surface area contributed by atoms with Crippen molar-refractivity contribution in [3.63, 3.8) is 0 Å². The van der Waals surface area contributed by atoms with E-state index in [-0.39, 0.29) is 30.2 Å². The van der Waals surface area contributed by atoms with Crippen molar-refractivity contribution in [3.8, 4) is 5.69 Å². The lowest BCUT2D eigenvalue weighted by Gasteiger charge is -2.15. The van der Waals surface area contributed by atoms with Crippen molar-refractivity contribution in [1.82, 2.24) is 29.3 Å². The molecule has 2 aromatic carbocycles. The lowest BCUT2D eigenvalue weighted by atomic mass is 10.1. The Hall–Kier alpha value is -3.99. The van der Waals surface area contributed by atoms with E-state index in [1.807, 2.05) is 62.4 Å². The number of nitrogens with zero attached hydrogens (tertiary/aromatic N) is 6. The molecule has 0 amide bonds. The van der Waals surface area contributed by atoms with E-state index in [1.165, 1.54) is 4.57 Å². The van der Waals surface area contributed by atoms with Gasteiger partial charge in [0.15, 0.2) is 5.78 Å². The van der Waals surface area contributed by atoms with Crippen LogP contribution in [0.2, 0.25) is 0 Å². The predicted molar refractivity (Wildman–Crippen MR) is 134 cm³/mol. The highest BCUT2D eigenvalue weighted by atomic mass is 32.2. The molecular weight excluding hydrogens is 466 g/mol. The van der Waals surface area contributed by atoms with Crippen LogP contribution in [0.1, 0.15) is 34.0 Å². The number of rotatable bonds is 8. The highest BCUT2D eigenvalue weighted by molar-refractivity contribution is 7.99. The minimum absolute atomic E-state index is 0.116. The van der Waals surface area contributed by atoms with Crippen molar-refractivity contribution < 1.29 is 4.79 Å². The Bertz CT molecular complexity index is 1510. The Labute approximate surface area is 205 Å². The Kier molecular flexibility index (Phi) is 6.97. The second-order valence-corrected chi connectivity index (χ2v) is 8.98. The summed E-state index contributed by atoms with van der Waals surface area (Å²) in [5.41, 5.74) is 8.48. The molecule has 0 bridgehead atoms. The third-order valence-corrected chi connectivity index (χ3v) is 6.52. The molecule has 2 N–H and O–H groups in total. The van der Waals surface area contributed by atoms with E-state index >= 15 is 0 Å². The van der Waals surface area contributed by atoms with Crippen LogP contribution in [0.3, 0.4) is 0 Å². The molecule has 0 atom stereocenters. The zero-order valence-corrected chi connectivity index (χ0v) is 20.5. The molecule has 4 aromatic rings. The lowest BCUT2D eigenvalue weighted by Crippen LogP contribution is -2.44. The first-order valence-corrected chi connectivity index (χ1v) is 12.0. The molecule has 0 aliphatic heterocycles. The zero-order valence-electron chi connectivity index (χ0n) is 19.6. The molecule has 0 saturated heterocycles. The summed E-state index contributed by atoms with van der Waals surface area (Å²) in [5.74, 6) is -0.775. The van der Waals surface area contributed by atoms with Crippen LogP contribution in [0, 0.1) is 13.8 Å². The second kappa shape index (κ2) is 10.1. The summed E-state index contributed by atoms with van der Waals surface area (Å²) in [6.45, 7) is 5.88. The SMILES string of the molecule is CCn1c(=O)c(C(=O)CSc2nnnn2-c2ccc(C)cc2C)c(N)n(Cc2ccccc2)c1=O. The summed E-state index contributed by atoms with van der Waals surface area (Å²) in [5, 5.41) is 12.2. The molecule has 0 fully saturated rings. The summed E-state index contributed by atoms with van der Waals surface area (Å²) < 4.78 is 3.84. The number of tetrazole rings is 1. The van der Waals surface area contributed by atoms with Crippen LogP contribution in [0.15, 0.2) is 63.3 Å². The molecule has 0 aliphatic rings. The summed E-state index contributed by atoms with van der Waals surface area (Å²) >= 11 is 1.10. The number of Topliss-reactive ketones (excluding diaryl/α,β-unsaturated/α-hetero) is 1. The number of carbonyl (C=O) groups is 1. The fourth-order valence-electron chi connectivity index (χ4n) is 3.84. The number of carbonyl (C=O) groups excluding carboxylic acids is 1. The van der Waals surface area contributed by atoms with Gasteiger partial charge in [-0.15, -0.1) is 5.10 Å². The van der Waals surface area contributed by atoms with E-state index in [9.17, 15) is 14.4 Å². The maximum atomic E-state index is 13.2. The zero-order chi connectivity index (χ0) is 25.1. The van der Waals surface area contributed by atoms with E-state index < -0.39 is 17.0 Å². The molecule has 2 aromatic heterocycles. The molecule has 0 unspecified atom stereocenters. The maximum absolute atomic E-state index is 13.2. The molecule has 0 saturated carbocycles. The molecule has 4 rings (SSSR count). The van der Waals surface area contributed by atoms with Gasteiger partial charge in [-0.1, -0.05) is 59.8 Å². The highest BCUT2D eigenvalue weighted by Gasteiger charge is 2.23. The average Bonchev–Trinajstić information content (AvgIpc) is 3.30. The molecule has 0 aliphatic carbocycles. The summed E-state index contributed by atoms with van der Waals surface area (Å²) in [7, 11) is 0. The summed E-state index contributed by atoms with van der Waals surface area (Å²) in [6, 6.07) is 15.1. The number of anilines is 1. The first-order chi connectivity index (χ1) is 16.8. The highest BCUT2D eigenvalue weighted by Crippen LogP contribution is 2.22. The van der Waals surface area contributed by atoms with E-state index in [2.05, 4.69) is 15.5 Å². The Morgan fingerprint density at radius 3 is 2.49 bits per heavy atom. The fourth-order valence-corrected chi connectivity index (χ4v) is 4.60. The first kappa shape index (κ1) is 24.1. The number of ketones is 1. The van der Waals surface area contributed by atoms with Crippen LogP contribution >= 0.6 is 11.8 Å². The van der Waals surface area contributed by atoms with Gasteiger partial charge in [-0.2, -0.15) is 4.68 Å². The van der Waals surface area contributed by atoms with Crippen LogP contribution in [0.25, 0.3) is 5.69 Å². The standard InChI is InChI=1S/C24H25N7O3S/c1-4-29-22(33)20(21(25)30(24(29)34)13-17-8-6-5-7-9-17)19(32)14-35-23-26-27-28-31(23)18-11-10-15(2)12-16(18)3/h5-12H,4,13-14,25H2,1-3H3. The molecule has 10 nitrogen and oxygen atoms in total. The van der Waals surface area contributed by atoms with Crippen LogP contribution in [0.5, 0.6) is 0 Å². The minimum atomic E-state index is -0.695. The first-order valence-electron chi connectivity index (χ1n) is 11.0. The third-order valence-electron chi connectivity index (χ3n) is 5.60. The number of nitrogens with two attached hydrogens (primary N) is 1. The van der Waals surface area contributed by atoms with Gasteiger partial charge in [0.05, 0.1) is 18.0 Å². The van der Waals surface area contributed by atoms with Crippen molar-refractivity contribution in [1.29, 1.82) is 0 Å². The third kappa shape index (κ3) is 4.80. The van der Waals surface area contributed by atoms with E-state index in [4.69, 9.17) is 5.73 Å². The average molecular weight is 492 g/mol. The molecule has 0 spiro atoms. The molecule has 11 heteroatoms. The Morgan fingerprint density at radius 2 is 1.80 bits per heavy atom. The van der Waals surface area contributed by atoms with Crippen LogP contribution < -0.4 is 17.0 Å². The maximum Gasteiger partial charge on any atom is 0.332 e. The number of benzene rings is 2. The number of aromatic nitrogens is 6. The topological polar surface area (TPSA) is 131 Å². The van der Waals surface area contributed by atoms with Gasteiger partial charge >= 0.3 is 5.69 Å². The number of hydrogen-bond donors (Lipinski definition) is 1. The van der Waals surface area contributed by atoms with Gasteiger partial charge < -0.3 is 5.73 Å². The van der Waals surface area contributed by atoms with Gasteiger partial charge in [-0.3, -0.25) is 18.7 Å². The number of hydrogen-bond acceptors (Lipinski definition) is 8. The molecular formula is C24H25N7O3S. The number of nitrogen functional groups attached to an aromatic ring is 1. The summed E-state index contributed by atoms with van der Waals surface area (Å²) in [6.07, 6.45) is 0. The molecule has 35 heavy (non-hydrogen) atoms. The Balaban J connectivity index is 1.66. The molecule has 0 radical (unpaired) electrons. The normalized spacial score (nSPS) is 11.1. The monoisotopic (exact) mass is 491 g/mol. The van der Waals surface area contributed by atoms with Crippen LogP contribution in [-0.2, 0) is 13.1 Å². The largest absolute Gasteiger partial charge is 0.384 e. The van der Waals surface area contributed by atoms with Crippen molar-refractivity contribution >= 4 is 23.4 Å². The lowest BCUT2D eigenvalue weighted by molar-refractivity contribution is 0.102. The van der Waals surface area contributed by atoms with Gasteiger partial charge in [0, 0.05) is 6.54 Å². The van der Waals surface area contributed by atoms with Gasteiger partial charge in [0.1, 0.15) is 11.4 Å². The fraction of sp³-hybridized carbons (Fsp3) is 0.250. The van der Waals surface area contributed by atoms with Crippen molar-refractivity contribution in [2.24, 2.45) is 0 Å². The van der Waals surface area contributed by atoms with Crippen molar-refractivity contribution in [2.75, 3.05) is 11.5 Å². The van der Waals surface area contributed by atoms with Gasteiger partial charge in [0.25, 0.3) is 5.56 Å². The minimum Gasteiger partial charge on any atom is -0.384 e. The Morgan fingerprint density at radius 1 is 1.06 bits per heavy atom.